The Morgan fingerprint density at radius 3 is 2.08 bits per heavy atom. The molecule has 0 fully saturated rings. The number of carbonyl (C=O) groups excluding carboxylic acids is 3. The Balaban J connectivity index is 1.53. The van der Waals surface area contributed by atoms with Crippen LogP contribution in [0.15, 0.2) is 77.7 Å². The molecule has 0 spiro atoms. The van der Waals surface area contributed by atoms with Gasteiger partial charge in [-0.25, -0.2) is 9.59 Å². The molecule has 9 heteroatoms. The Morgan fingerprint density at radius 1 is 0.865 bits per heavy atom. The first-order valence-corrected chi connectivity index (χ1v) is 12.6. The van der Waals surface area contributed by atoms with E-state index in [9.17, 15) is 24.3 Å². The lowest BCUT2D eigenvalue weighted by atomic mass is 10.1. The Hall–Kier alpha value is -4.11. The normalized spacial score (nSPS) is 11.3. The molecule has 37 heavy (non-hydrogen) atoms. The average Bonchev–Trinajstić information content (AvgIpc) is 2.90. The van der Waals surface area contributed by atoms with Gasteiger partial charge in [0.2, 0.25) is 5.91 Å². The van der Waals surface area contributed by atoms with Crippen molar-refractivity contribution in [3.05, 3.63) is 89.5 Å². The van der Waals surface area contributed by atoms with Crippen molar-refractivity contribution >= 4 is 46.9 Å². The van der Waals surface area contributed by atoms with Gasteiger partial charge in [0.15, 0.2) is 0 Å². The Bertz CT molecular complexity index is 1260. The summed E-state index contributed by atoms with van der Waals surface area (Å²) in [6.07, 6.45) is 1.76. The molecule has 8 nitrogen and oxygen atoms in total. The maximum atomic E-state index is 12.6. The van der Waals surface area contributed by atoms with Gasteiger partial charge in [-0.1, -0.05) is 25.5 Å². The molecule has 0 heterocycles. The van der Waals surface area contributed by atoms with Crippen LogP contribution in [0, 0.1) is 0 Å². The first kappa shape index (κ1) is 27.5. The Kier molecular flexibility index (Phi) is 9.85. The van der Waals surface area contributed by atoms with Gasteiger partial charge >= 0.3 is 11.9 Å². The first-order chi connectivity index (χ1) is 17.8. The van der Waals surface area contributed by atoms with E-state index in [1.165, 1.54) is 23.9 Å². The van der Waals surface area contributed by atoms with Crippen molar-refractivity contribution < 1.29 is 29.0 Å². The maximum Gasteiger partial charge on any atom is 0.338 e. The van der Waals surface area contributed by atoms with E-state index in [2.05, 4.69) is 10.6 Å². The van der Waals surface area contributed by atoms with Gasteiger partial charge in [-0.05, 0) is 74.0 Å². The molecule has 0 aliphatic carbocycles. The first-order valence-electron chi connectivity index (χ1n) is 11.8. The highest BCUT2D eigenvalue weighted by Gasteiger charge is 2.17. The minimum atomic E-state index is -1.18. The average molecular weight is 521 g/mol. The van der Waals surface area contributed by atoms with Crippen LogP contribution < -0.4 is 10.6 Å². The number of aromatic carboxylic acids is 1. The summed E-state index contributed by atoms with van der Waals surface area (Å²) in [7, 11) is 0. The molecule has 3 N–H and O–H groups in total. The molecule has 0 radical (unpaired) electrons. The second kappa shape index (κ2) is 13.3. The van der Waals surface area contributed by atoms with Crippen LogP contribution in [0.3, 0.4) is 0 Å². The molecule has 0 aliphatic heterocycles. The maximum absolute atomic E-state index is 12.6. The molecule has 0 bridgehead atoms. The molecule has 0 aliphatic rings. The van der Waals surface area contributed by atoms with Crippen molar-refractivity contribution in [3.8, 4) is 0 Å². The zero-order valence-corrected chi connectivity index (χ0v) is 21.3. The number of hydrogen-bond acceptors (Lipinski definition) is 6. The number of nitrogens with one attached hydrogen (secondary N) is 2. The third kappa shape index (κ3) is 7.94. The van der Waals surface area contributed by atoms with E-state index < -0.39 is 17.1 Å². The van der Waals surface area contributed by atoms with E-state index in [1.54, 1.807) is 67.6 Å². The molecule has 0 saturated carbocycles. The molecule has 192 valence electrons. The van der Waals surface area contributed by atoms with Crippen LogP contribution in [-0.2, 0) is 9.53 Å². The van der Waals surface area contributed by atoms with Gasteiger partial charge in [0.25, 0.3) is 5.91 Å². The van der Waals surface area contributed by atoms with Crippen LogP contribution in [0.2, 0.25) is 0 Å². The van der Waals surface area contributed by atoms with Crippen molar-refractivity contribution in [2.24, 2.45) is 0 Å². The van der Waals surface area contributed by atoms with Gasteiger partial charge in [0, 0.05) is 16.3 Å². The summed E-state index contributed by atoms with van der Waals surface area (Å²) >= 11 is 1.34. The zero-order valence-electron chi connectivity index (χ0n) is 20.5. The topological polar surface area (TPSA) is 122 Å². The minimum Gasteiger partial charge on any atom is -0.478 e. The number of esters is 1. The van der Waals surface area contributed by atoms with E-state index in [0.717, 1.165) is 17.7 Å². The fourth-order valence-electron chi connectivity index (χ4n) is 3.27. The number of rotatable bonds is 11. The molecule has 1 atom stereocenters. The molecule has 3 rings (SSSR count). The number of hydrogen-bond donors (Lipinski definition) is 3. The Morgan fingerprint density at radius 2 is 1.46 bits per heavy atom. The van der Waals surface area contributed by atoms with E-state index in [4.69, 9.17) is 4.74 Å². The summed E-state index contributed by atoms with van der Waals surface area (Å²) in [5.74, 6) is -2.29. The summed E-state index contributed by atoms with van der Waals surface area (Å²) in [5, 5.41) is 14.4. The van der Waals surface area contributed by atoms with Gasteiger partial charge in [-0.2, -0.15) is 0 Å². The number of carboxylic acids is 1. The van der Waals surface area contributed by atoms with Crippen molar-refractivity contribution in [2.75, 3.05) is 17.2 Å². The van der Waals surface area contributed by atoms with Gasteiger partial charge in [0.1, 0.15) is 0 Å². The van der Waals surface area contributed by atoms with Crippen LogP contribution in [0.4, 0.5) is 11.4 Å². The third-order valence-electron chi connectivity index (χ3n) is 5.32. The summed E-state index contributed by atoms with van der Waals surface area (Å²) in [6, 6.07) is 19.5. The summed E-state index contributed by atoms with van der Waals surface area (Å²) in [4.78, 5) is 49.3. The second-order valence-corrected chi connectivity index (χ2v) is 9.56. The highest BCUT2D eigenvalue weighted by atomic mass is 32.2. The lowest BCUT2D eigenvalue weighted by Crippen LogP contribution is -2.22. The number of ether oxygens (including phenoxy) is 1. The van der Waals surface area contributed by atoms with Crippen LogP contribution in [0.1, 0.15) is 57.8 Å². The molecular formula is C28H28N2O6S. The van der Waals surface area contributed by atoms with Crippen molar-refractivity contribution in [1.29, 1.82) is 0 Å². The number of unbranched alkanes of at least 4 members (excludes halogenated alkanes) is 1. The number of thioether (sulfide) groups is 1. The number of carboxylic acid groups (broad SMARTS) is 1. The van der Waals surface area contributed by atoms with E-state index in [0.29, 0.717) is 23.5 Å². The number of benzene rings is 3. The highest BCUT2D eigenvalue weighted by molar-refractivity contribution is 8.00. The van der Waals surface area contributed by atoms with Crippen molar-refractivity contribution in [1.82, 2.24) is 0 Å². The van der Waals surface area contributed by atoms with Crippen LogP contribution in [-0.4, -0.2) is 40.7 Å². The molecule has 3 aromatic carbocycles. The summed E-state index contributed by atoms with van der Waals surface area (Å²) in [5.41, 5.74) is 1.49. The molecule has 0 aromatic heterocycles. The fourth-order valence-corrected chi connectivity index (χ4v) is 4.13. The Labute approximate surface area is 219 Å². The predicted molar refractivity (Wildman–Crippen MR) is 143 cm³/mol. The molecule has 3 aromatic rings. The van der Waals surface area contributed by atoms with E-state index in [-0.39, 0.29) is 23.0 Å². The van der Waals surface area contributed by atoms with Gasteiger partial charge < -0.3 is 20.5 Å². The quantitative estimate of drug-likeness (QED) is 0.168. The number of anilines is 2. The lowest BCUT2D eigenvalue weighted by Gasteiger charge is -2.13. The number of amides is 2. The van der Waals surface area contributed by atoms with Crippen molar-refractivity contribution in [2.45, 2.75) is 36.8 Å². The van der Waals surface area contributed by atoms with Gasteiger partial charge in [0.05, 0.1) is 28.5 Å². The lowest BCUT2D eigenvalue weighted by molar-refractivity contribution is -0.115. The highest BCUT2D eigenvalue weighted by Crippen LogP contribution is 2.26. The smallest absolute Gasteiger partial charge is 0.338 e. The third-order valence-corrected chi connectivity index (χ3v) is 6.43. The SMILES string of the molecule is CCCCOC(=O)c1ccc(NC(=O)C(C)Sc2ccc(NC(=O)c3ccccc3C(=O)O)cc2)cc1. The van der Waals surface area contributed by atoms with Gasteiger partial charge in [-0.15, -0.1) is 11.8 Å². The largest absolute Gasteiger partial charge is 0.478 e. The molecule has 1 unspecified atom stereocenters. The monoisotopic (exact) mass is 520 g/mol. The standard InChI is InChI=1S/C28H28N2O6S/c1-3-4-17-36-28(35)19-9-11-20(12-10-19)29-25(31)18(2)37-22-15-13-21(14-16-22)30-26(32)23-7-5-6-8-24(23)27(33)34/h5-16,18H,3-4,17H2,1-2H3,(H,29,31)(H,30,32)(H,33,34). The van der Waals surface area contributed by atoms with Crippen LogP contribution >= 0.6 is 11.8 Å². The fraction of sp³-hybridized carbons (Fsp3) is 0.214. The van der Waals surface area contributed by atoms with Crippen LogP contribution in [0.5, 0.6) is 0 Å². The summed E-state index contributed by atoms with van der Waals surface area (Å²) in [6.45, 7) is 4.18. The number of carbonyl (C=O) groups is 4. The summed E-state index contributed by atoms with van der Waals surface area (Å²) < 4.78 is 5.18. The van der Waals surface area contributed by atoms with E-state index >= 15 is 0 Å². The second-order valence-electron chi connectivity index (χ2n) is 8.15. The molecular weight excluding hydrogens is 492 g/mol. The van der Waals surface area contributed by atoms with E-state index in [1.807, 2.05) is 6.92 Å². The van der Waals surface area contributed by atoms with Crippen molar-refractivity contribution in [3.63, 3.8) is 0 Å². The predicted octanol–water partition coefficient (Wildman–Crippen LogP) is 5.71. The molecule has 0 saturated heterocycles. The molecule has 2 amide bonds. The zero-order chi connectivity index (χ0) is 26.8. The van der Waals surface area contributed by atoms with Gasteiger partial charge in [-0.3, -0.25) is 9.59 Å². The van der Waals surface area contributed by atoms with Crippen LogP contribution in [0.25, 0.3) is 0 Å². The minimum absolute atomic E-state index is 0.0696.